The number of hydrogen-bond acceptors (Lipinski definition) is 4. The normalized spacial score (nSPS) is 23.4. The minimum absolute atomic E-state index is 0.0253. The highest BCUT2D eigenvalue weighted by Gasteiger charge is 2.51. The summed E-state index contributed by atoms with van der Waals surface area (Å²) in [7, 11) is 1.49. The van der Waals surface area contributed by atoms with E-state index in [1.54, 1.807) is 14.7 Å². The maximum absolute atomic E-state index is 12.6. The molecule has 0 unspecified atom stereocenters. The quantitative estimate of drug-likeness (QED) is 0.800. The van der Waals surface area contributed by atoms with Gasteiger partial charge in [0.05, 0.1) is 12.1 Å². The molecule has 1 aromatic rings. The largest absolute Gasteiger partial charge is 0.375 e. The van der Waals surface area contributed by atoms with Crippen LogP contribution in [-0.2, 0) is 19.1 Å². The first-order chi connectivity index (χ1) is 12.0. The van der Waals surface area contributed by atoms with Crippen LogP contribution in [0.2, 0.25) is 0 Å². The molecule has 7 nitrogen and oxygen atoms in total. The summed E-state index contributed by atoms with van der Waals surface area (Å²) in [6, 6.07) is 9.44. The van der Waals surface area contributed by atoms with E-state index < -0.39 is 5.54 Å². The second-order valence-electron chi connectivity index (χ2n) is 6.64. The first-order valence-corrected chi connectivity index (χ1v) is 8.37. The van der Waals surface area contributed by atoms with E-state index in [9.17, 15) is 14.4 Å². The summed E-state index contributed by atoms with van der Waals surface area (Å²) in [5.74, 6) is -0.332. The van der Waals surface area contributed by atoms with E-state index >= 15 is 0 Å². The van der Waals surface area contributed by atoms with E-state index in [1.165, 1.54) is 14.0 Å². The third kappa shape index (κ3) is 3.24. The van der Waals surface area contributed by atoms with Crippen molar-refractivity contribution >= 4 is 23.4 Å². The van der Waals surface area contributed by atoms with E-state index in [4.69, 9.17) is 4.74 Å². The summed E-state index contributed by atoms with van der Waals surface area (Å²) in [5.41, 5.74) is 0.274. The molecule has 2 aliphatic rings. The average Bonchev–Trinajstić information content (AvgIpc) is 3.02. The molecule has 0 aromatic heterocycles. The van der Waals surface area contributed by atoms with E-state index in [0.29, 0.717) is 26.1 Å². The van der Waals surface area contributed by atoms with Crippen molar-refractivity contribution in [2.45, 2.75) is 18.9 Å². The Balaban J connectivity index is 1.88. The van der Waals surface area contributed by atoms with Crippen molar-refractivity contribution in [2.75, 3.05) is 44.8 Å². The number of benzene rings is 1. The van der Waals surface area contributed by atoms with E-state index in [1.807, 2.05) is 30.3 Å². The number of rotatable bonds is 3. The van der Waals surface area contributed by atoms with E-state index in [2.05, 4.69) is 0 Å². The molecule has 2 heterocycles. The number of para-hydroxylation sites is 1. The minimum atomic E-state index is -0.543. The van der Waals surface area contributed by atoms with Crippen molar-refractivity contribution in [3.63, 3.8) is 0 Å². The summed E-state index contributed by atoms with van der Waals surface area (Å²) < 4.78 is 4.94. The Labute approximate surface area is 147 Å². The molecule has 2 aliphatic heterocycles. The van der Waals surface area contributed by atoms with Crippen LogP contribution in [0, 0.1) is 0 Å². The number of likely N-dealkylation sites (tertiary alicyclic amines) is 1. The second-order valence-corrected chi connectivity index (χ2v) is 6.64. The molecule has 1 atom stereocenters. The summed E-state index contributed by atoms with van der Waals surface area (Å²) in [4.78, 5) is 42.0. The number of carbonyl (C=O) groups excluding carboxylic acids is 3. The van der Waals surface area contributed by atoms with Gasteiger partial charge in [0, 0.05) is 32.8 Å². The van der Waals surface area contributed by atoms with Crippen molar-refractivity contribution in [2.24, 2.45) is 0 Å². The first kappa shape index (κ1) is 17.4. The molecule has 0 saturated carbocycles. The van der Waals surface area contributed by atoms with Gasteiger partial charge in [-0.05, 0) is 18.6 Å². The predicted molar refractivity (Wildman–Crippen MR) is 92.0 cm³/mol. The van der Waals surface area contributed by atoms with Crippen LogP contribution in [0.25, 0.3) is 0 Å². The highest BCUT2D eigenvalue weighted by molar-refractivity contribution is 5.98. The molecule has 7 heteroatoms. The maximum Gasteiger partial charge on any atom is 0.248 e. The van der Waals surface area contributed by atoms with Crippen LogP contribution < -0.4 is 4.90 Å². The molecule has 3 rings (SSSR count). The number of nitrogens with zero attached hydrogens (tertiary/aromatic N) is 3. The fourth-order valence-electron chi connectivity index (χ4n) is 3.78. The molecule has 3 amide bonds. The lowest BCUT2D eigenvalue weighted by Gasteiger charge is -2.48. The zero-order valence-corrected chi connectivity index (χ0v) is 14.6. The van der Waals surface area contributed by atoms with Crippen molar-refractivity contribution in [1.29, 1.82) is 0 Å². The first-order valence-electron chi connectivity index (χ1n) is 8.37. The maximum atomic E-state index is 12.6. The molecule has 2 fully saturated rings. The van der Waals surface area contributed by atoms with Crippen molar-refractivity contribution in [3.05, 3.63) is 30.3 Å². The Morgan fingerprint density at radius 2 is 1.92 bits per heavy atom. The predicted octanol–water partition coefficient (Wildman–Crippen LogP) is 0.499. The summed E-state index contributed by atoms with van der Waals surface area (Å²) in [6.07, 6.45) is 0.651. The standard InChI is InChI=1S/C18H23N3O4/c1-14(22)21-10-16(23)20(15-6-4-3-5-7-15)13-18(21)8-9-19(12-18)17(24)11-25-2/h3-7H,8-13H2,1-2H3/t18-/m1/s1. The van der Waals surface area contributed by atoms with Gasteiger partial charge in [0.15, 0.2) is 0 Å². The lowest BCUT2D eigenvalue weighted by Crippen LogP contribution is -2.67. The smallest absolute Gasteiger partial charge is 0.248 e. The molecular formula is C18H23N3O4. The molecule has 1 aromatic carbocycles. The second kappa shape index (κ2) is 6.84. The van der Waals surface area contributed by atoms with E-state index in [-0.39, 0.29) is 30.9 Å². The van der Waals surface area contributed by atoms with Gasteiger partial charge in [-0.3, -0.25) is 14.4 Å². The third-order valence-corrected chi connectivity index (χ3v) is 5.02. The Hall–Kier alpha value is -2.41. The molecule has 0 aliphatic carbocycles. The molecule has 25 heavy (non-hydrogen) atoms. The number of methoxy groups -OCH3 is 1. The van der Waals surface area contributed by atoms with Gasteiger partial charge in [-0.25, -0.2) is 0 Å². The average molecular weight is 345 g/mol. The van der Waals surface area contributed by atoms with Crippen LogP contribution in [0.3, 0.4) is 0 Å². The van der Waals surface area contributed by atoms with Crippen LogP contribution in [0.4, 0.5) is 5.69 Å². The van der Waals surface area contributed by atoms with Gasteiger partial charge >= 0.3 is 0 Å². The van der Waals surface area contributed by atoms with Crippen LogP contribution >= 0.6 is 0 Å². The monoisotopic (exact) mass is 345 g/mol. The fraction of sp³-hybridized carbons (Fsp3) is 0.500. The summed E-state index contributed by atoms with van der Waals surface area (Å²) in [5, 5.41) is 0. The van der Waals surface area contributed by atoms with Gasteiger partial charge in [-0.2, -0.15) is 0 Å². The van der Waals surface area contributed by atoms with Gasteiger partial charge in [0.25, 0.3) is 0 Å². The van der Waals surface area contributed by atoms with Crippen molar-refractivity contribution in [3.8, 4) is 0 Å². The molecule has 0 bridgehead atoms. The number of ether oxygens (including phenoxy) is 1. The van der Waals surface area contributed by atoms with Gasteiger partial charge in [0.1, 0.15) is 13.2 Å². The van der Waals surface area contributed by atoms with Crippen molar-refractivity contribution in [1.82, 2.24) is 9.80 Å². The lowest BCUT2D eigenvalue weighted by atomic mass is 9.91. The molecule has 1 spiro atoms. The van der Waals surface area contributed by atoms with Crippen molar-refractivity contribution < 1.29 is 19.1 Å². The van der Waals surface area contributed by atoms with Crippen LogP contribution in [-0.4, -0.2) is 73.0 Å². The molecule has 0 N–H and O–H groups in total. The van der Waals surface area contributed by atoms with Gasteiger partial charge in [-0.1, -0.05) is 18.2 Å². The molecule has 0 radical (unpaired) electrons. The molecular weight excluding hydrogens is 322 g/mol. The Kier molecular flexibility index (Phi) is 4.76. The zero-order chi connectivity index (χ0) is 18.0. The minimum Gasteiger partial charge on any atom is -0.375 e. The number of piperazine rings is 1. The summed E-state index contributed by atoms with van der Waals surface area (Å²) in [6.45, 7) is 2.92. The topological polar surface area (TPSA) is 70.2 Å². The van der Waals surface area contributed by atoms with Gasteiger partial charge in [0.2, 0.25) is 17.7 Å². The number of anilines is 1. The third-order valence-electron chi connectivity index (χ3n) is 5.02. The fourth-order valence-corrected chi connectivity index (χ4v) is 3.78. The number of carbonyl (C=O) groups is 3. The number of amides is 3. The van der Waals surface area contributed by atoms with Crippen LogP contribution in [0.15, 0.2) is 30.3 Å². The molecule has 134 valence electrons. The summed E-state index contributed by atoms with van der Waals surface area (Å²) >= 11 is 0. The SMILES string of the molecule is COCC(=O)N1CC[C@@]2(C1)CN(c1ccccc1)C(=O)CN2C(C)=O. The van der Waals surface area contributed by atoms with Gasteiger partial charge in [-0.15, -0.1) is 0 Å². The number of hydrogen-bond donors (Lipinski definition) is 0. The Morgan fingerprint density at radius 3 is 2.56 bits per heavy atom. The van der Waals surface area contributed by atoms with Crippen LogP contribution in [0.5, 0.6) is 0 Å². The van der Waals surface area contributed by atoms with Crippen LogP contribution in [0.1, 0.15) is 13.3 Å². The van der Waals surface area contributed by atoms with E-state index in [0.717, 1.165) is 5.69 Å². The Bertz CT molecular complexity index is 678. The Morgan fingerprint density at radius 1 is 1.20 bits per heavy atom. The zero-order valence-electron chi connectivity index (χ0n) is 14.6. The highest BCUT2D eigenvalue weighted by atomic mass is 16.5. The highest BCUT2D eigenvalue weighted by Crippen LogP contribution is 2.34. The molecule has 2 saturated heterocycles. The lowest BCUT2D eigenvalue weighted by molar-refractivity contribution is -0.143. The van der Waals surface area contributed by atoms with Gasteiger partial charge < -0.3 is 19.4 Å².